The molecule has 1 unspecified atom stereocenters. The summed E-state index contributed by atoms with van der Waals surface area (Å²) in [5.41, 5.74) is -0.261. The molecule has 0 saturated carbocycles. The molecule has 0 aliphatic carbocycles. The van der Waals surface area contributed by atoms with Gasteiger partial charge in [-0.2, -0.15) is 4.31 Å². The van der Waals surface area contributed by atoms with Gasteiger partial charge < -0.3 is 4.74 Å². The SMILES string of the molecule is O=[N+]([O-])c1cccc(S(=O)(=O)N2CCCC(Oc3ncccn3)C2)c1. The molecule has 1 aromatic carbocycles. The summed E-state index contributed by atoms with van der Waals surface area (Å²) in [7, 11) is -3.84. The number of nitro groups is 1. The van der Waals surface area contributed by atoms with E-state index in [4.69, 9.17) is 4.74 Å². The summed E-state index contributed by atoms with van der Waals surface area (Å²) in [5.74, 6) is 0. The molecule has 9 nitrogen and oxygen atoms in total. The lowest BCUT2D eigenvalue weighted by Crippen LogP contribution is -2.44. The number of non-ortho nitro benzene ring substituents is 1. The van der Waals surface area contributed by atoms with Crippen LogP contribution in [0.2, 0.25) is 0 Å². The molecule has 0 spiro atoms. The van der Waals surface area contributed by atoms with Crippen molar-refractivity contribution in [3.8, 4) is 6.01 Å². The van der Waals surface area contributed by atoms with Gasteiger partial charge >= 0.3 is 6.01 Å². The third-order valence-corrected chi connectivity index (χ3v) is 5.68. The molecule has 2 aromatic rings. The molecule has 0 radical (unpaired) electrons. The zero-order chi connectivity index (χ0) is 17.9. The Kier molecular flexibility index (Phi) is 4.91. The number of piperidine rings is 1. The predicted molar refractivity (Wildman–Crippen MR) is 87.5 cm³/mol. The Morgan fingerprint density at radius 1 is 1.24 bits per heavy atom. The molecule has 10 heteroatoms. The van der Waals surface area contributed by atoms with Crippen molar-refractivity contribution in [3.63, 3.8) is 0 Å². The van der Waals surface area contributed by atoms with Crippen molar-refractivity contribution >= 4 is 15.7 Å². The van der Waals surface area contributed by atoms with E-state index >= 15 is 0 Å². The van der Waals surface area contributed by atoms with Gasteiger partial charge in [0.1, 0.15) is 6.10 Å². The van der Waals surface area contributed by atoms with E-state index in [9.17, 15) is 18.5 Å². The summed E-state index contributed by atoms with van der Waals surface area (Å²) in [4.78, 5) is 18.1. The number of rotatable bonds is 5. The second kappa shape index (κ2) is 7.11. The van der Waals surface area contributed by atoms with Gasteiger partial charge in [-0.15, -0.1) is 0 Å². The first kappa shape index (κ1) is 17.2. The monoisotopic (exact) mass is 364 g/mol. The summed E-state index contributed by atoms with van der Waals surface area (Å²) < 4.78 is 32.5. The zero-order valence-corrected chi connectivity index (χ0v) is 14.0. The quantitative estimate of drug-likeness (QED) is 0.584. The van der Waals surface area contributed by atoms with E-state index in [-0.39, 0.29) is 29.2 Å². The van der Waals surface area contributed by atoms with Crippen molar-refractivity contribution in [2.45, 2.75) is 23.8 Å². The molecule has 1 fully saturated rings. The fraction of sp³-hybridized carbons (Fsp3) is 0.333. The Morgan fingerprint density at radius 2 is 2.00 bits per heavy atom. The molecule has 0 amide bonds. The van der Waals surface area contributed by atoms with E-state index in [1.54, 1.807) is 18.5 Å². The third-order valence-electron chi connectivity index (χ3n) is 3.82. The summed E-state index contributed by atoms with van der Waals surface area (Å²) >= 11 is 0. The topological polar surface area (TPSA) is 116 Å². The van der Waals surface area contributed by atoms with Gasteiger partial charge in [0.15, 0.2) is 0 Å². The largest absolute Gasteiger partial charge is 0.459 e. The molecule has 2 heterocycles. The molecule has 1 atom stereocenters. The standard InChI is InChI=1S/C15H16N4O5S/c20-19(21)12-4-1-6-14(10-12)25(22,23)18-9-2-5-13(11-18)24-15-16-7-3-8-17-15/h1,3-4,6-8,10,13H,2,5,9,11H2. The highest BCUT2D eigenvalue weighted by Crippen LogP contribution is 2.25. The van der Waals surface area contributed by atoms with Crippen LogP contribution in [0, 0.1) is 10.1 Å². The van der Waals surface area contributed by atoms with E-state index < -0.39 is 14.9 Å². The lowest BCUT2D eigenvalue weighted by atomic mass is 10.1. The average molecular weight is 364 g/mol. The Labute approximate surface area is 144 Å². The maximum absolute atomic E-state index is 12.8. The molecular formula is C15H16N4O5S. The van der Waals surface area contributed by atoms with Crippen LogP contribution in [-0.2, 0) is 10.0 Å². The normalized spacial score (nSPS) is 18.6. The van der Waals surface area contributed by atoms with Crippen molar-refractivity contribution in [3.05, 3.63) is 52.8 Å². The van der Waals surface area contributed by atoms with Crippen LogP contribution < -0.4 is 4.74 Å². The van der Waals surface area contributed by atoms with Crippen molar-refractivity contribution in [2.24, 2.45) is 0 Å². The Morgan fingerprint density at radius 3 is 2.72 bits per heavy atom. The number of hydrogen-bond donors (Lipinski definition) is 0. The molecule has 1 aliphatic heterocycles. The van der Waals surface area contributed by atoms with Gasteiger partial charge in [0.05, 0.1) is 16.4 Å². The molecular weight excluding hydrogens is 348 g/mol. The van der Waals surface area contributed by atoms with Crippen LogP contribution in [0.25, 0.3) is 0 Å². The molecule has 1 aliphatic rings. The van der Waals surface area contributed by atoms with Gasteiger partial charge in [0.25, 0.3) is 5.69 Å². The van der Waals surface area contributed by atoms with E-state index in [2.05, 4.69) is 9.97 Å². The predicted octanol–water partition coefficient (Wildman–Crippen LogP) is 1.62. The maximum atomic E-state index is 12.8. The van der Waals surface area contributed by atoms with Crippen molar-refractivity contribution in [1.82, 2.24) is 14.3 Å². The highest BCUT2D eigenvalue weighted by atomic mass is 32.2. The number of ether oxygens (including phenoxy) is 1. The fourth-order valence-corrected chi connectivity index (χ4v) is 4.17. The minimum absolute atomic E-state index is 0.0988. The smallest absolute Gasteiger partial charge is 0.316 e. The van der Waals surface area contributed by atoms with Crippen LogP contribution in [-0.4, -0.2) is 46.8 Å². The molecule has 0 N–H and O–H groups in total. The number of nitrogens with zero attached hydrogens (tertiary/aromatic N) is 4. The van der Waals surface area contributed by atoms with Crippen LogP contribution in [0.1, 0.15) is 12.8 Å². The van der Waals surface area contributed by atoms with Gasteiger partial charge in [-0.3, -0.25) is 10.1 Å². The number of nitro benzene ring substituents is 1. The summed E-state index contributed by atoms with van der Waals surface area (Å²) in [5, 5.41) is 10.9. The summed E-state index contributed by atoms with van der Waals surface area (Å²) in [6, 6.07) is 6.90. The van der Waals surface area contributed by atoms with Crippen LogP contribution >= 0.6 is 0 Å². The first-order chi connectivity index (χ1) is 12.0. The van der Waals surface area contributed by atoms with Crippen molar-refractivity contribution in [2.75, 3.05) is 13.1 Å². The molecule has 0 bridgehead atoms. The minimum Gasteiger partial charge on any atom is -0.459 e. The van der Waals surface area contributed by atoms with Crippen LogP contribution in [0.5, 0.6) is 6.01 Å². The highest BCUT2D eigenvalue weighted by Gasteiger charge is 2.32. The maximum Gasteiger partial charge on any atom is 0.316 e. The van der Waals surface area contributed by atoms with E-state index in [0.29, 0.717) is 19.4 Å². The fourth-order valence-electron chi connectivity index (χ4n) is 2.62. The van der Waals surface area contributed by atoms with Gasteiger partial charge in [-0.25, -0.2) is 18.4 Å². The third kappa shape index (κ3) is 3.91. The Bertz CT molecular complexity index is 859. The van der Waals surface area contributed by atoms with Gasteiger partial charge in [0, 0.05) is 31.1 Å². The Balaban J connectivity index is 1.78. The molecule has 1 aromatic heterocycles. The average Bonchev–Trinajstić information content (AvgIpc) is 2.63. The van der Waals surface area contributed by atoms with Crippen LogP contribution in [0.3, 0.4) is 0 Å². The van der Waals surface area contributed by atoms with Gasteiger partial charge in [-0.1, -0.05) is 6.07 Å². The molecule has 25 heavy (non-hydrogen) atoms. The molecule has 3 rings (SSSR count). The first-order valence-corrected chi connectivity index (χ1v) is 9.09. The minimum atomic E-state index is -3.84. The van der Waals surface area contributed by atoms with Gasteiger partial charge in [0.2, 0.25) is 10.0 Å². The van der Waals surface area contributed by atoms with Crippen molar-refractivity contribution < 1.29 is 18.1 Å². The number of benzene rings is 1. The summed E-state index contributed by atoms with van der Waals surface area (Å²) in [6.07, 6.45) is 4.01. The highest BCUT2D eigenvalue weighted by molar-refractivity contribution is 7.89. The van der Waals surface area contributed by atoms with E-state index in [0.717, 1.165) is 6.07 Å². The zero-order valence-electron chi connectivity index (χ0n) is 13.2. The van der Waals surface area contributed by atoms with E-state index in [1.807, 2.05) is 0 Å². The van der Waals surface area contributed by atoms with Gasteiger partial charge in [-0.05, 0) is 25.0 Å². The first-order valence-electron chi connectivity index (χ1n) is 7.65. The molecule has 1 saturated heterocycles. The number of hydrogen-bond acceptors (Lipinski definition) is 7. The van der Waals surface area contributed by atoms with Crippen LogP contribution in [0.15, 0.2) is 47.6 Å². The Hall–Kier alpha value is -2.59. The van der Waals surface area contributed by atoms with E-state index in [1.165, 1.54) is 22.5 Å². The summed E-state index contributed by atoms with van der Waals surface area (Å²) in [6.45, 7) is 0.476. The number of aromatic nitrogens is 2. The second-order valence-electron chi connectivity index (χ2n) is 5.53. The molecule has 132 valence electrons. The second-order valence-corrected chi connectivity index (χ2v) is 7.47. The lowest BCUT2D eigenvalue weighted by Gasteiger charge is -2.31. The van der Waals surface area contributed by atoms with Crippen LogP contribution in [0.4, 0.5) is 5.69 Å². The lowest BCUT2D eigenvalue weighted by molar-refractivity contribution is -0.385. The van der Waals surface area contributed by atoms with Crippen molar-refractivity contribution in [1.29, 1.82) is 0 Å². The number of sulfonamides is 1.